The van der Waals surface area contributed by atoms with Crippen LogP contribution >= 0.6 is 0 Å². The van der Waals surface area contributed by atoms with Gasteiger partial charge in [0.2, 0.25) is 0 Å². The average molecular weight is 315 g/mol. The predicted octanol–water partition coefficient (Wildman–Crippen LogP) is 1.97. The molecule has 1 aromatic carbocycles. The van der Waals surface area contributed by atoms with E-state index < -0.39 is 12.4 Å². The molecule has 3 saturated heterocycles. The number of hydrogen-bond donors (Lipinski definition) is 1. The van der Waals surface area contributed by atoms with Crippen LogP contribution in [0.3, 0.4) is 0 Å². The quantitative estimate of drug-likeness (QED) is 0.815. The van der Waals surface area contributed by atoms with Gasteiger partial charge in [-0.3, -0.25) is 4.79 Å². The van der Waals surface area contributed by atoms with Crippen LogP contribution in [-0.2, 0) is 23.7 Å². The van der Waals surface area contributed by atoms with Crippen LogP contribution in [0, 0.1) is 6.92 Å². The molecule has 0 radical (unpaired) electrons. The first kappa shape index (κ1) is 13.5. The van der Waals surface area contributed by atoms with Gasteiger partial charge in [-0.05, 0) is 18.6 Å². The van der Waals surface area contributed by atoms with Crippen LogP contribution in [0.5, 0.6) is 0 Å². The third kappa shape index (κ3) is 1.89. The van der Waals surface area contributed by atoms with Crippen molar-refractivity contribution in [1.82, 2.24) is 4.98 Å². The van der Waals surface area contributed by atoms with Crippen LogP contribution in [0.25, 0.3) is 10.9 Å². The fourth-order valence-electron chi connectivity index (χ4n) is 4.14. The van der Waals surface area contributed by atoms with E-state index in [1.807, 2.05) is 25.1 Å². The molecule has 4 heterocycles. The van der Waals surface area contributed by atoms with Gasteiger partial charge in [-0.2, -0.15) is 0 Å². The zero-order chi connectivity index (χ0) is 15.6. The second-order valence-electron chi connectivity index (χ2n) is 6.36. The Morgan fingerprint density at radius 1 is 1.13 bits per heavy atom. The van der Waals surface area contributed by atoms with Crippen molar-refractivity contribution in [3.05, 3.63) is 35.5 Å². The summed E-state index contributed by atoms with van der Waals surface area (Å²) in [6.07, 6.45) is -1.09. The Balaban J connectivity index is 1.61. The van der Waals surface area contributed by atoms with Gasteiger partial charge in [-0.25, -0.2) is 0 Å². The van der Waals surface area contributed by atoms with E-state index in [4.69, 9.17) is 18.9 Å². The Labute approximate surface area is 132 Å². The number of ether oxygens (including phenoxy) is 4. The first-order valence-corrected chi connectivity index (χ1v) is 7.88. The van der Waals surface area contributed by atoms with Gasteiger partial charge in [-0.1, -0.05) is 18.2 Å². The van der Waals surface area contributed by atoms with Crippen molar-refractivity contribution >= 4 is 16.9 Å². The highest BCUT2D eigenvalue weighted by atomic mass is 16.8. The van der Waals surface area contributed by atoms with E-state index in [9.17, 15) is 4.79 Å². The molecule has 3 aliphatic rings. The van der Waals surface area contributed by atoms with Gasteiger partial charge >= 0.3 is 5.97 Å². The van der Waals surface area contributed by atoms with Crippen LogP contribution < -0.4 is 0 Å². The van der Waals surface area contributed by atoms with E-state index in [0.717, 1.165) is 22.2 Å². The number of benzene rings is 1. The van der Waals surface area contributed by atoms with Gasteiger partial charge in [0.1, 0.15) is 6.10 Å². The molecule has 6 nitrogen and oxygen atoms in total. The summed E-state index contributed by atoms with van der Waals surface area (Å²) >= 11 is 0. The Bertz CT molecular complexity index is 784. The molecule has 120 valence electrons. The van der Waals surface area contributed by atoms with E-state index in [0.29, 0.717) is 6.42 Å². The molecule has 1 N–H and O–H groups in total. The molecular formula is C17H17NO5. The first-order chi connectivity index (χ1) is 11.2. The predicted molar refractivity (Wildman–Crippen MR) is 79.8 cm³/mol. The minimum Gasteiger partial charge on any atom is -0.457 e. The lowest BCUT2D eigenvalue weighted by Gasteiger charge is -2.33. The molecular weight excluding hydrogens is 298 g/mol. The van der Waals surface area contributed by atoms with Crippen LogP contribution in [-0.4, -0.2) is 42.3 Å². The number of para-hydroxylation sites is 1. The molecule has 2 aromatic rings. The fourth-order valence-corrected chi connectivity index (χ4v) is 4.14. The van der Waals surface area contributed by atoms with E-state index in [-0.39, 0.29) is 30.9 Å². The van der Waals surface area contributed by atoms with Crippen molar-refractivity contribution in [1.29, 1.82) is 0 Å². The lowest BCUT2D eigenvalue weighted by molar-refractivity contribution is -0.177. The van der Waals surface area contributed by atoms with Crippen LogP contribution in [0.4, 0.5) is 0 Å². The molecule has 5 atom stereocenters. The number of fused-ring (bicyclic) bond motifs is 4. The molecule has 0 saturated carbocycles. The zero-order valence-corrected chi connectivity index (χ0v) is 12.7. The smallest absolute Gasteiger partial charge is 0.306 e. The molecule has 0 amide bonds. The van der Waals surface area contributed by atoms with Crippen LogP contribution in [0.2, 0.25) is 0 Å². The second kappa shape index (κ2) is 4.80. The van der Waals surface area contributed by atoms with Gasteiger partial charge < -0.3 is 23.9 Å². The van der Waals surface area contributed by atoms with Gasteiger partial charge in [-0.15, -0.1) is 0 Å². The van der Waals surface area contributed by atoms with Crippen molar-refractivity contribution in [2.45, 2.75) is 43.9 Å². The minimum atomic E-state index is -0.441. The number of aryl methyl sites for hydroxylation is 1. The molecule has 6 heteroatoms. The highest BCUT2D eigenvalue weighted by Gasteiger charge is 2.57. The standard InChI is InChI=1S/C17H17NO5/c1-8-13(9-4-2-3-5-11(9)18-8)10-6-12(19)22-15-14(10)23-17-16(15)20-7-21-17/h2-5,10,14-18H,6-7H2,1H3/t10-,14-,15+,16-,17+/m1/s1. The zero-order valence-electron chi connectivity index (χ0n) is 12.7. The Morgan fingerprint density at radius 3 is 2.91 bits per heavy atom. The van der Waals surface area contributed by atoms with Crippen molar-refractivity contribution in [2.75, 3.05) is 6.79 Å². The number of aromatic amines is 1. The number of nitrogens with one attached hydrogen (secondary N) is 1. The maximum Gasteiger partial charge on any atom is 0.306 e. The number of rotatable bonds is 1. The maximum absolute atomic E-state index is 12.2. The topological polar surface area (TPSA) is 69.8 Å². The molecule has 23 heavy (non-hydrogen) atoms. The summed E-state index contributed by atoms with van der Waals surface area (Å²) in [6, 6.07) is 8.12. The summed E-state index contributed by atoms with van der Waals surface area (Å²) in [5.41, 5.74) is 3.26. The Hall–Kier alpha value is -1.89. The SMILES string of the molecule is Cc1[nH]c2ccccc2c1[C@H]1CC(=O)O[C@@H]2[C@H]3OCO[C@H]3O[C@@H]21. The molecule has 0 spiro atoms. The summed E-state index contributed by atoms with van der Waals surface area (Å²) in [5, 5.41) is 1.13. The van der Waals surface area contributed by atoms with Crippen molar-refractivity contribution in [2.24, 2.45) is 0 Å². The van der Waals surface area contributed by atoms with Gasteiger partial charge in [0.05, 0.1) is 6.42 Å². The van der Waals surface area contributed by atoms with Crippen molar-refractivity contribution in [3.8, 4) is 0 Å². The third-order valence-electron chi connectivity index (χ3n) is 5.06. The summed E-state index contributed by atoms with van der Waals surface area (Å²) in [4.78, 5) is 15.6. The second-order valence-corrected chi connectivity index (χ2v) is 6.36. The largest absolute Gasteiger partial charge is 0.457 e. The number of carbonyl (C=O) groups is 1. The number of H-pyrrole nitrogens is 1. The van der Waals surface area contributed by atoms with Crippen molar-refractivity contribution in [3.63, 3.8) is 0 Å². The Morgan fingerprint density at radius 2 is 2.00 bits per heavy atom. The summed E-state index contributed by atoms with van der Waals surface area (Å²) in [5.74, 6) is -0.268. The Kier molecular flexibility index (Phi) is 2.83. The molecule has 0 bridgehead atoms. The van der Waals surface area contributed by atoms with Gasteiger partial charge in [0.25, 0.3) is 0 Å². The fraction of sp³-hybridized carbons (Fsp3) is 0.471. The highest BCUT2D eigenvalue weighted by molar-refractivity contribution is 5.86. The van der Waals surface area contributed by atoms with Crippen molar-refractivity contribution < 1.29 is 23.7 Å². The molecule has 3 fully saturated rings. The van der Waals surface area contributed by atoms with Crippen LogP contribution in [0.1, 0.15) is 23.6 Å². The van der Waals surface area contributed by atoms with E-state index >= 15 is 0 Å². The maximum atomic E-state index is 12.2. The molecule has 0 aliphatic carbocycles. The van der Waals surface area contributed by atoms with E-state index in [1.165, 1.54) is 0 Å². The lowest BCUT2D eigenvalue weighted by atomic mass is 9.83. The summed E-state index contributed by atoms with van der Waals surface area (Å²) in [6.45, 7) is 2.22. The molecule has 1 aromatic heterocycles. The lowest BCUT2D eigenvalue weighted by Crippen LogP contribution is -2.44. The number of carbonyl (C=O) groups excluding carboxylic acids is 1. The van der Waals surface area contributed by atoms with E-state index in [2.05, 4.69) is 11.1 Å². The third-order valence-corrected chi connectivity index (χ3v) is 5.06. The van der Waals surface area contributed by atoms with Gasteiger partial charge in [0, 0.05) is 22.5 Å². The normalized spacial score (nSPS) is 36.0. The number of aromatic nitrogens is 1. The summed E-state index contributed by atoms with van der Waals surface area (Å²) < 4.78 is 22.6. The van der Waals surface area contributed by atoms with Gasteiger partial charge in [0.15, 0.2) is 25.3 Å². The average Bonchev–Trinajstić information content (AvgIpc) is 3.19. The summed E-state index contributed by atoms with van der Waals surface area (Å²) in [7, 11) is 0. The minimum absolute atomic E-state index is 0.0600. The monoisotopic (exact) mass is 315 g/mol. The van der Waals surface area contributed by atoms with Crippen LogP contribution in [0.15, 0.2) is 24.3 Å². The molecule has 0 unspecified atom stereocenters. The van der Waals surface area contributed by atoms with E-state index in [1.54, 1.807) is 0 Å². The molecule has 3 aliphatic heterocycles. The first-order valence-electron chi connectivity index (χ1n) is 7.88. The number of esters is 1. The number of hydrogen-bond acceptors (Lipinski definition) is 5. The highest BCUT2D eigenvalue weighted by Crippen LogP contribution is 2.45. The molecule has 5 rings (SSSR count).